The molecular weight excluding hydrogens is 246 g/mol. The number of rotatable bonds is 6. The van der Waals surface area contributed by atoms with Gasteiger partial charge in [0.15, 0.2) is 11.5 Å². The molecule has 1 fully saturated rings. The summed E-state index contributed by atoms with van der Waals surface area (Å²) in [5, 5.41) is 0. The van der Waals surface area contributed by atoms with E-state index in [4.69, 9.17) is 20.1 Å². The normalized spacial score (nSPS) is 16.3. The number of ether oxygens (including phenoxy) is 3. The predicted molar refractivity (Wildman–Crippen MR) is 71.3 cm³/mol. The van der Waals surface area contributed by atoms with Gasteiger partial charge >= 0.3 is 0 Å². The molecule has 0 bridgehead atoms. The highest BCUT2D eigenvalue weighted by molar-refractivity contribution is 5.46. The van der Waals surface area contributed by atoms with Crippen molar-refractivity contribution in [2.75, 3.05) is 26.9 Å². The van der Waals surface area contributed by atoms with Crippen LogP contribution in [0.25, 0.3) is 0 Å². The van der Waals surface area contributed by atoms with Gasteiger partial charge in [0.2, 0.25) is 0 Å². The SMILES string of the molecule is COc1cccc(CCON)c1OC1CCOCC1. The molecule has 0 spiro atoms. The predicted octanol–water partition coefficient (Wildman–Crippen LogP) is 1.69. The Labute approximate surface area is 113 Å². The van der Waals surface area contributed by atoms with Crippen LogP contribution in [0.1, 0.15) is 18.4 Å². The number of nitrogens with two attached hydrogens (primary N) is 1. The van der Waals surface area contributed by atoms with Crippen LogP contribution in [0, 0.1) is 0 Å². The zero-order valence-electron chi connectivity index (χ0n) is 11.3. The van der Waals surface area contributed by atoms with Crippen LogP contribution in [-0.4, -0.2) is 33.0 Å². The molecule has 0 amide bonds. The van der Waals surface area contributed by atoms with E-state index in [1.807, 2.05) is 18.2 Å². The van der Waals surface area contributed by atoms with E-state index in [2.05, 4.69) is 4.84 Å². The zero-order valence-corrected chi connectivity index (χ0v) is 11.3. The van der Waals surface area contributed by atoms with Crippen LogP contribution in [0.4, 0.5) is 0 Å². The zero-order chi connectivity index (χ0) is 13.5. The summed E-state index contributed by atoms with van der Waals surface area (Å²) in [5.74, 6) is 6.64. The highest BCUT2D eigenvalue weighted by Gasteiger charge is 2.19. The van der Waals surface area contributed by atoms with Crippen molar-refractivity contribution in [3.63, 3.8) is 0 Å². The van der Waals surface area contributed by atoms with Gasteiger partial charge in [-0.1, -0.05) is 12.1 Å². The average Bonchev–Trinajstić information content (AvgIpc) is 2.47. The topological polar surface area (TPSA) is 62.9 Å². The highest BCUT2D eigenvalue weighted by Crippen LogP contribution is 2.33. The van der Waals surface area contributed by atoms with Gasteiger partial charge in [-0.05, 0) is 6.07 Å². The summed E-state index contributed by atoms with van der Waals surface area (Å²) in [6.45, 7) is 1.96. The quantitative estimate of drug-likeness (QED) is 0.795. The highest BCUT2D eigenvalue weighted by atomic mass is 16.6. The summed E-state index contributed by atoms with van der Waals surface area (Å²) < 4.78 is 16.8. The second-order valence-corrected chi connectivity index (χ2v) is 4.50. The first kappa shape index (κ1) is 14.1. The molecule has 5 heteroatoms. The van der Waals surface area contributed by atoms with Gasteiger partial charge in [0.25, 0.3) is 0 Å². The second-order valence-electron chi connectivity index (χ2n) is 4.50. The van der Waals surface area contributed by atoms with Crippen LogP contribution >= 0.6 is 0 Å². The molecule has 0 atom stereocenters. The minimum Gasteiger partial charge on any atom is -0.493 e. The number of para-hydroxylation sites is 1. The van der Waals surface area contributed by atoms with Crippen molar-refractivity contribution in [2.24, 2.45) is 5.90 Å². The van der Waals surface area contributed by atoms with Gasteiger partial charge < -0.3 is 19.0 Å². The van der Waals surface area contributed by atoms with Crippen LogP contribution in [0.5, 0.6) is 11.5 Å². The Kier molecular flexibility index (Phi) is 5.44. The summed E-state index contributed by atoms with van der Waals surface area (Å²) in [6.07, 6.45) is 2.70. The molecule has 0 saturated carbocycles. The molecule has 1 saturated heterocycles. The Balaban J connectivity index is 2.14. The largest absolute Gasteiger partial charge is 0.493 e. The van der Waals surface area contributed by atoms with Crippen molar-refractivity contribution in [3.05, 3.63) is 23.8 Å². The van der Waals surface area contributed by atoms with Gasteiger partial charge in [0, 0.05) is 24.8 Å². The lowest BCUT2D eigenvalue weighted by Crippen LogP contribution is -2.26. The Morgan fingerprint density at radius 2 is 2.11 bits per heavy atom. The fourth-order valence-corrected chi connectivity index (χ4v) is 2.18. The Bertz CT molecular complexity index is 391. The van der Waals surface area contributed by atoms with Crippen LogP contribution in [0.3, 0.4) is 0 Å². The Morgan fingerprint density at radius 3 is 2.79 bits per heavy atom. The molecule has 2 rings (SSSR count). The van der Waals surface area contributed by atoms with Crippen molar-refractivity contribution < 1.29 is 19.0 Å². The summed E-state index contributed by atoms with van der Waals surface area (Å²) in [7, 11) is 1.65. The molecule has 1 aliphatic rings. The van der Waals surface area contributed by atoms with Crippen LogP contribution in [0.2, 0.25) is 0 Å². The minimum absolute atomic E-state index is 0.183. The van der Waals surface area contributed by atoms with E-state index in [1.54, 1.807) is 7.11 Å². The standard InChI is InChI=1S/C14H21NO4/c1-16-13-4-2-3-11(5-10-18-15)14(13)19-12-6-8-17-9-7-12/h2-4,12H,5-10,15H2,1H3. The maximum absolute atomic E-state index is 6.10. The van der Waals surface area contributed by atoms with Gasteiger partial charge in [-0.2, -0.15) is 0 Å². The molecule has 0 aromatic heterocycles. The molecule has 1 aromatic rings. The van der Waals surface area contributed by atoms with Gasteiger partial charge in [0.05, 0.1) is 26.9 Å². The lowest BCUT2D eigenvalue weighted by atomic mass is 10.1. The number of hydrogen-bond acceptors (Lipinski definition) is 5. The first-order valence-electron chi connectivity index (χ1n) is 6.57. The van der Waals surface area contributed by atoms with Gasteiger partial charge in [0.1, 0.15) is 6.10 Å². The summed E-state index contributed by atoms with van der Waals surface area (Å²) >= 11 is 0. The molecule has 106 valence electrons. The summed E-state index contributed by atoms with van der Waals surface area (Å²) in [5.41, 5.74) is 1.05. The fourth-order valence-electron chi connectivity index (χ4n) is 2.18. The molecule has 5 nitrogen and oxygen atoms in total. The van der Waals surface area contributed by atoms with E-state index in [9.17, 15) is 0 Å². The smallest absolute Gasteiger partial charge is 0.164 e. The Morgan fingerprint density at radius 1 is 1.32 bits per heavy atom. The van der Waals surface area contributed by atoms with E-state index in [1.165, 1.54) is 0 Å². The monoisotopic (exact) mass is 267 g/mol. The average molecular weight is 267 g/mol. The van der Waals surface area contributed by atoms with Crippen LogP contribution in [0.15, 0.2) is 18.2 Å². The molecular formula is C14H21NO4. The molecule has 0 unspecified atom stereocenters. The summed E-state index contributed by atoms with van der Waals surface area (Å²) in [6, 6.07) is 5.86. The molecule has 1 heterocycles. The third-order valence-corrected chi connectivity index (χ3v) is 3.22. The molecule has 0 radical (unpaired) electrons. The maximum Gasteiger partial charge on any atom is 0.164 e. The third-order valence-electron chi connectivity index (χ3n) is 3.22. The molecule has 19 heavy (non-hydrogen) atoms. The van der Waals surface area contributed by atoms with Gasteiger partial charge in [-0.3, -0.25) is 0 Å². The fraction of sp³-hybridized carbons (Fsp3) is 0.571. The first-order chi connectivity index (χ1) is 9.35. The molecule has 2 N–H and O–H groups in total. The van der Waals surface area contributed by atoms with E-state index in [0.717, 1.165) is 43.1 Å². The lowest BCUT2D eigenvalue weighted by Gasteiger charge is -2.25. The van der Waals surface area contributed by atoms with Crippen molar-refractivity contribution in [2.45, 2.75) is 25.4 Å². The first-order valence-corrected chi connectivity index (χ1v) is 6.57. The number of hydrogen-bond donors (Lipinski definition) is 1. The van der Waals surface area contributed by atoms with Crippen LogP contribution in [-0.2, 0) is 16.0 Å². The van der Waals surface area contributed by atoms with E-state index < -0.39 is 0 Å². The Hall–Kier alpha value is -1.30. The molecule has 0 aliphatic carbocycles. The van der Waals surface area contributed by atoms with Gasteiger partial charge in [-0.25, -0.2) is 5.90 Å². The maximum atomic E-state index is 6.10. The third kappa shape index (κ3) is 3.83. The number of benzene rings is 1. The minimum atomic E-state index is 0.183. The van der Waals surface area contributed by atoms with Crippen molar-refractivity contribution in [1.29, 1.82) is 0 Å². The number of methoxy groups -OCH3 is 1. The summed E-state index contributed by atoms with van der Waals surface area (Å²) in [4.78, 5) is 4.65. The van der Waals surface area contributed by atoms with Crippen molar-refractivity contribution >= 4 is 0 Å². The van der Waals surface area contributed by atoms with E-state index in [-0.39, 0.29) is 6.10 Å². The molecule has 1 aliphatic heterocycles. The van der Waals surface area contributed by atoms with Crippen molar-refractivity contribution in [1.82, 2.24) is 0 Å². The van der Waals surface area contributed by atoms with Crippen molar-refractivity contribution in [3.8, 4) is 11.5 Å². The van der Waals surface area contributed by atoms with E-state index in [0.29, 0.717) is 13.0 Å². The lowest BCUT2D eigenvalue weighted by molar-refractivity contribution is 0.0239. The second kappa shape index (κ2) is 7.33. The van der Waals surface area contributed by atoms with E-state index >= 15 is 0 Å². The molecule has 1 aromatic carbocycles. The van der Waals surface area contributed by atoms with Gasteiger partial charge in [-0.15, -0.1) is 0 Å². The van der Waals surface area contributed by atoms with Crippen LogP contribution < -0.4 is 15.4 Å².